The number of aromatic nitrogens is 3. The maximum Gasteiger partial charge on any atom is 0.390 e. The van der Waals surface area contributed by atoms with E-state index in [4.69, 9.17) is 16.6 Å². The van der Waals surface area contributed by atoms with Crippen molar-refractivity contribution >= 4 is 28.9 Å². The van der Waals surface area contributed by atoms with E-state index in [1.165, 1.54) is 6.07 Å². The van der Waals surface area contributed by atoms with Crippen LogP contribution in [0, 0.1) is 25.6 Å². The van der Waals surface area contributed by atoms with E-state index in [0.29, 0.717) is 43.4 Å². The molecular weight excluding hydrogens is 568 g/mol. The molecule has 11 heteroatoms. The zero-order valence-corrected chi connectivity index (χ0v) is 26.3. The summed E-state index contributed by atoms with van der Waals surface area (Å²) in [5.74, 6) is 1.75. The summed E-state index contributed by atoms with van der Waals surface area (Å²) in [4.78, 5) is 8.60. The highest BCUT2D eigenvalue weighted by Crippen LogP contribution is 2.37. The van der Waals surface area contributed by atoms with Crippen molar-refractivity contribution in [1.29, 1.82) is 0 Å². The summed E-state index contributed by atoms with van der Waals surface area (Å²) in [6, 6.07) is 5.06. The third-order valence-electron chi connectivity index (χ3n) is 7.96. The second kappa shape index (κ2) is 14.6. The fourth-order valence-corrected chi connectivity index (χ4v) is 5.15. The standard InChI is InChI=1S/C29H37ClF4N6.C2H6/c1-17(2)18(3)23-13-36-38-28(23)40(11-9-21-7-6-8-24(30)26(21)31)25-14-35-27(20(5)19(25)4)37-22-15-39(16-22)12-10-29(32,33)34;1-2/h6-8,13-14,17-18,22H,9-12,15-16H2,1-5H3,(H,35,37)(H,36,38);1-2H3. The number of pyridine rings is 1. The molecule has 1 aliphatic heterocycles. The molecule has 0 aliphatic carbocycles. The first-order chi connectivity index (χ1) is 19.9. The lowest BCUT2D eigenvalue weighted by Gasteiger charge is -2.40. The highest BCUT2D eigenvalue weighted by Gasteiger charge is 2.33. The number of benzene rings is 1. The van der Waals surface area contributed by atoms with Crippen LogP contribution in [0.3, 0.4) is 0 Å². The number of rotatable bonds is 11. The molecule has 2 N–H and O–H groups in total. The number of aromatic amines is 1. The van der Waals surface area contributed by atoms with Crippen LogP contribution in [0.2, 0.25) is 5.02 Å². The minimum Gasteiger partial charge on any atom is -0.365 e. The van der Waals surface area contributed by atoms with E-state index in [2.05, 4.69) is 41.2 Å². The monoisotopic (exact) mass is 610 g/mol. The molecule has 1 atom stereocenters. The summed E-state index contributed by atoms with van der Waals surface area (Å²) in [6.45, 7) is 16.0. The number of hydrogen-bond acceptors (Lipinski definition) is 5. The topological polar surface area (TPSA) is 60.1 Å². The largest absolute Gasteiger partial charge is 0.390 e. The highest BCUT2D eigenvalue weighted by atomic mass is 35.5. The lowest BCUT2D eigenvalue weighted by atomic mass is 9.91. The van der Waals surface area contributed by atoms with Gasteiger partial charge in [0.25, 0.3) is 0 Å². The van der Waals surface area contributed by atoms with Gasteiger partial charge in [0.1, 0.15) is 17.5 Å². The van der Waals surface area contributed by atoms with Crippen molar-refractivity contribution < 1.29 is 17.6 Å². The second-order valence-electron chi connectivity index (χ2n) is 11.0. The molecule has 0 amide bonds. The van der Waals surface area contributed by atoms with Crippen molar-refractivity contribution in [2.24, 2.45) is 5.92 Å². The molecule has 6 nitrogen and oxygen atoms in total. The third-order valence-corrected chi connectivity index (χ3v) is 8.25. The highest BCUT2D eigenvalue weighted by molar-refractivity contribution is 6.30. The Morgan fingerprint density at radius 2 is 1.81 bits per heavy atom. The molecule has 0 bridgehead atoms. The number of likely N-dealkylation sites (tertiary alicyclic amines) is 1. The first-order valence-corrected chi connectivity index (χ1v) is 15.0. The molecule has 232 valence electrons. The Bertz CT molecular complexity index is 1300. The van der Waals surface area contributed by atoms with Crippen LogP contribution >= 0.6 is 11.6 Å². The normalized spacial score (nSPS) is 14.8. The average Bonchev–Trinajstić information content (AvgIpc) is 3.40. The second-order valence-corrected chi connectivity index (χ2v) is 11.4. The van der Waals surface area contributed by atoms with Crippen LogP contribution < -0.4 is 10.2 Å². The van der Waals surface area contributed by atoms with Crippen LogP contribution in [0.25, 0.3) is 0 Å². The lowest BCUT2D eigenvalue weighted by molar-refractivity contribution is -0.139. The van der Waals surface area contributed by atoms with Crippen LogP contribution in [0.4, 0.5) is 34.9 Å². The van der Waals surface area contributed by atoms with Crippen molar-refractivity contribution in [2.75, 3.05) is 36.4 Å². The number of H-pyrrole nitrogens is 1. The summed E-state index contributed by atoms with van der Waals surface area (Å²) in [6.07, 6.45) is -0.890. The van der Waals surface area contributed by atoms with Crippen molar-refractivity contribution in [3.05, 3.63) is 63.7 Å². The molecule has 4 rings (SSSR count). The SMILES string of the molecule is CC.Cc1c(N(CCc2cccc(Cl)c2F)c2[nH]ncc2C(C)C(C)C)cnc(NC2CN(CCC(F)(F)F)C2)c1C. The smallest absolute Gasteiger partial charge is 0.365 e. The molecule has 1 unspecified atom stereocenters. The van der Waals surface area contributed by atoms with Gasteiger partial charge in [0.15, 0.2) is 0 Å². The summed E-state index contributed by atoms with van der Waals surface area (Å²) >= 11 is 6.04. The number of alkyl halides is 3. The van der Waals surface area contributed by atoms with Gasteiger partial charge in [-0.25, -0.2) is 9.37 Å². The van der Waals surface area contributed by atoms with Gasteiger partial charge in [-0.3, -0.25) is 10.00 Å². The maximum absolute atomic E-state index is 14.8. The van der Waals surface area contributed by atoms with Gasteiger partial charge >= 0.3 is 6.18 Å². The van der Waals surface area contributed by atoms with Gasteiger partial charge in [-0.05, 0) is 54.9 Å². The molecule has 1 saturated heterocycles. The summed E-state index contributed by atoms with van der Waals surface area (Å²) in [5, 5.41) is 11.0. The van der Waals surface area contributed by atoms with Gasteiger partial charge in [0, 0.05) is 31.7 Å². The Hall–Kier alpha value is -2.85. The van der Waals surface area contributed by atoms with Gasteiger partial charge in [-0.1, -0.05) is 58.4 Å². The van der Waals surface area contributed by atoms with E-state index < -0.39 is 18.4 Å². The van der Waals surface area contributed by atoms with Crippen molar-refractivity contribution in [3.63, 3.8) is 0 Å². The van der Waals surface area contributed by atoms with Crippen molar-refractivity contribution in [3.8, 4) is 0 Å². The minimum atomic E-state index is -4.14. The van der Waals surface area contributed by atoms with E-state index in [1.54, 1.807) is 23.2 Å². The molecular formula is C31H43ClF4N6. The molecule has 1 fully saturated rings. The number of nitrogens with one attached hydrogen (secondary N) is 2. The number of nitrogens with zero attached hydrogens (tertiary/aromatic N) is 4. The van der Waals surface area contributed by atoms with Gasteiger partial charge < -0.3 is 10.2 Å². The van der Waals surface area contributed by atoms with E-state index in [1.807, 2.05) is 33.9 Å². The van der Waals surface area contributed by atoms with E-state index in [-0.39, 0.29) is 23.5 Å². The molecule has 1 aliphatic rings. The zero-order chi connectivity index (χ0) is 31.2. The Balaban J connectivity index is 0.00000237. The fraction of sp³-hybridized carbons (Fsp3) is 0.548. The van der Waals surface area contributed by atoms with Crippen molar-refractivity contribution in [2.45, 2.75) is 79.4 Å². The lowest BCUT2D eigenvalue weighted by Crippen LogP contribution is -2.55. The molecule has 0 spiro atoms. The predicted molar refractivity (Wildman–Crippen MR) is 164 cm³/mol. The molecule has 3 heterocycles. The number of halogens is 5. The van der Waals surface area contributed by atoms with E-state index in [9.17, 15) is 17.6 Å². The maximum atomic E-state index is 14.8. The van der Waals surface area contributed by atoms with Crippen LogP contribution in [0.1, 0.15) is 69.2 Å². The summed E-state index contributed by atoms with van der Waals surface area (Å²) < 4.78 is 52.3. The summed E-state index contributed by atoms with van der Waals surface area (Å²) in [7, 11) is 0. The summed E-state index contributed by atoms with van der Waals surface area (Å²) in [5.41, 5.74) is 4.40. The minimum absolute atomic E-state index is 0.00948. The zero-order valence-electron chi connectivity index (χ0n) is 25.5. The number of hydrogen-bond donors (Lipinski definition) is 2. The fourth-order valence-electron chi connectivity index (χ4n) is 4.95. The Kier molecular flexibility index (Phi) is 11.7. The average molecular weight is 611 g/mol. The van der Waals surface area contributed by atoms with E-state index in [0.717, 1.165) is 28.2 Å². The molecule has 2 aromatic heterocycles. The number of anilines is 3. The van der Waals surface area contributed by atoms with Gasteiger partial charge in [0.05, 0.1) is 35.6 Å². The van der Waals surface area contributed by atoms with Crippen LogP contribution in [-0.4, -0.2) is 58.5 Å². The van der Waals surface area contributed by atoms with Gasteiger partial charge in [-0.15, -0.1) is 0 Å². The molecule has 42 heavy (non-hydrogen) atoms. The third kappa shape index (κ3) is 8.16. The van der Waals surface area contributed by atoms with E-state index >= 15 is 0 Å². The van der Waals surface area contributed by atoms with Crippen LogP contribution in [-0.2, 0) is 6.42 Å². The Labute approximate surface area is 251 Å². The van der Waals surface area contributed by atoms with Crippen molar-refractivity contribution in [1.82, 2.24) is 20.1 Å². The Morgan fingerprint density at radius 1 is 1.12 bits per heavy atom. The first-order valence-electron chi connectivity index (χ1n) is 14.6. The van der Waals surface area contributed by atoms with Gasteiger partial charge in [-0.2, -0.15) is 18.3 Å². The van der Waals surface area contributed by atoms with Crippen LogP contribution in [0.5, 0.6) is 0 Å². The predicted octanol–water partition coefficient (Wildman–Crippen LogP) is 8.43. The Morgan fingerprint density at radius 3 is 2.45 bits per heavy atom. The molecule has 0 saturated carbocycles. The van der Waals surface area contributed by atoms with Gasteiger partial charge in [0.2, 0.25) is 0 Å². The van der Waals surface area contributed by atoms with Crippen LogP contribution in [0.15, 0.2) is 30.6 Å². The first kappa shape index (κ1) is 33.6. The molecule has 0 radical (unpaired) electrons. The molecule has 1 aromatic carbocycles. The molecule has 3 aromatic rings. The quantitative estimate of drug-likeness (QED) is 0.213.